The second-order valence-corrected chi connectivity index (χ2v) is 8.66. The Labute approximate surface area is 169 Å². The average Bonchev–Trinajstić information content (AvgIpc) is 3.08. The van der Waals surface area contributed by atoms with Crippen LogP contribution in [0.3, 0.4) is 0 Å². The SMILES string of the molecule is CC(NS(=O)(=O)c1ccc(Cl)cc1)C(=O)NCCCn1ccc2ccccc21. The first-order valence-corrected chi connectivity index (χ1v) is 10.8. The van der Waals surface area contributed by atoms with Crippen LogP contribution in [-0.2, 0) is 21.4 Å². The Morgan fingerprint density at radius 3 is 2.57 bits per heavy atom. The van der Waals surface area contributed by atoms with Crippen LogP contribution in [0.2, 0.25) is 5.02 Å². The molecule has 1 heterocycles. The molecule has 0 aliphatic carbocycles. The summed E-state index contributed by atoms with van der Waals surface area (Å²) in [6, 6.07) is 15.1. The highest BCUT2D eigenvalue weighted by Gasteiger charge is 2.21. The van der Waals surface area contributed by atoms with Crippen LogP contribution < -0.4 is 10.0 Å². The van der Waals surface area contributed by atoms with E-state index in [0.29, 0.717) is 11.6 Å². The standard InChI is InChI=1S/C20H22ClN3O3S/c1-15(23-28(26,27)18-9-7-17(21)8-10-18)20(25)22-12-4-13-24-14-11-16-5-2-3-6-19(16)24/h2-3,5-11,14-15,23H,4,12-13H2,1H3,(H,22,25). The number of nitrogens with zero attached hydrogens (tertiary/aromatic N) is 1. The normalized spacial score (nSPS) is 12.8. The molecule has 1 atom stereocenters. The topological polar surface area (TPSA) is 80.2 Å². The molecule has 1 amide bonds. The first kappa shape index (κ1) is 20.4. The van der Waals surface area contributed by atoms with Crippen LogP contribution in [0.5, 0.6) is 0 Å². The van der Waals surface area contributed by atoms with E-state index in [0.717, 1.165) is 18.5 Å². The third-order valence-corrected chi connectivity index (χ3v) is 6.21. The molecule has 0 saturated heterocycles. The zero-order valence-electron chi connectivity index (χ0n) is 15.4. The monoisotopic (exact) mass is 419 g/mol. The van der Waals surface area contributed by atoms with Gasteiger partial charge in [0.05, 0.1) is 10.9 Å². The summed E-state index contributed by atoms with van der Waals surface area (Å²) in [4.78, 5) is 12.3. The summed E-state index contributed by atoms with van der Waals surface area (Å²) in [7, 11) is -3.79. The Bertz CT molecular complexity index is 1060. The molecule has 148 valence electrons. The van der Waals surface area contributed by atoms with Crippen LogP contribution in [0.1, 0.15) is 13.3 Å². The van der Waals surface area contributed by atoms with Gasteiger partial charge in [-0.2, -0.15) is 4.72 Å². The fourth-order valence-corrected chi connectivity index (χ4v) is 4.25. The van der Waals surface area contributed by atoms with Gasteiger partial charge in [-0.1, -0.05) is 29.8 Å². The third-order valence-electron chi connectivity index (χ3n) is 4.40. The number of hydrogen-bond acceptors (Lipinski definition) is 3. The number of halogens is 1. The van der Waals surface area contributed by atoms with Gasteiger partial charge in [0.1, 0.15) is 0 Å². The van der Waals surface area contributed by atoms with E-state index < -0.39 is 16.1 Å². The lowest BCUT2D eigenvalue weighted by molar-refractivity contribution is -0.122. The quantitative estimate of drug-likeness (QED) is 0.550. The molecular formula is C20H22ClN3O3S. The van der Waals surface area contributed by atoms with Crippen molar-refractivity contribution in [2.45, 2.75) is 30.8 Å². The van der Waals surface area contributed by atoms with Crippen LogP contribution in [0.4, 0.5) is 0 Å². The van der Waals surface area contributed by atoms with Crippen molar-refractivity contribution in [3.8, 4) is 0 Å². The van der Waals surface area contributed by atoms with Gasteiger partial charge in [0.2, 0.25) is 15.9 Å². The fraction of sp³-hybridized carbons (Fsp3) is 0.250. The van der Waals surface area contributed by atoms with E-state index in [1.807, 2.05) is 18.3 Å². The predicted octanol–water partition coefficient (Wildman–Crippen LogP) is 3.17. The molecule has 1 unspecified atom stereocenters. The molecule has 0 fully saturated rings. The van der Waals surface area contributed by atoms with Crippen molar-refractivity contribution >= 4 is 38.4 Å². The largest absolute Gasteiger partial charge is 0.355 e. The van der Waals surface area contributed by atoms with Gasteiger partial charge in [0, 0.05) is 29.8 Å². The van der Waals surface area contributed by atoms with E-state index in [4.69, 9.17) is 11.6 Å². The maximum atomic E-state index is 12.3. The number of aryl methyl sites for hydroxylation is 1. The molecule has 0 radical (unpaired) electrons. The van der Waals surface area contributed by atoms with Crippen molar-refractivity contribution in [3.05, 3.63) is 65.8 Å². The van der Waals surface area contributed by atoms with Crippen molar-refractivity contribution in [2.24, 2.45) is 0 Å². The van der Waals surface area contributed by atoms with Crippen molar-refractivity contribution in [3.63, 3.8) is 0 Å². The molecule has 0 saturated carbocycles. The summed E-state index contributed by atoms with van der Waals surface area (Å²) < 4.78 is 29.2. The van der Waals surface area contributed by atoms with Crippen molar-refractivity contribution in [1.82, 2.24) is 14.6 Å². The van der Waals surface area contributed by atoms with Gasteiger partial charge >= 0.3 is 0 Å². The number of rotatable bonds is 8. The van der Waals surface area contributed by atoms with Gasteiger partial charge in [0.15, 0.2) is 0 Å². The molecule has 3 rings (SSSR count). The molecule has 1 aromatic heterocycles. The Hall–Kier alpha value is -2.35. The van der Waals surface area contributed by atoms with E-state index in [1.54, 1.807) is 0 Å². The van der Waals surface area contributed by atoms with E-state index >= 15 is 0 Å². The van der Waals surface area contributed by atoms with Crippen molar-refractivity contribution < 1.29 is 13.2 Å². The molecule has 0 spiro atoms. The minimum Gasteiger partial charge on any atom is -0.355 e. The first-order chi connectivity index (χ1) is 13.4. The zero-order valence-corrected chi connectivity index (χ0v) is 17.0. The molecule has 2 aromatic carbocycles. The maximum absolute atomic E-state index is 12.3. The number of carbonyl (C=O) groups is 1. The second-order valence-electron chi connectivity index (χ2n) is 6.51. The Kier molecular flexibility index (Phi) is 6.39. The van der Waals surface area contributed by atoms with Gasteiger partial charge in [-0.25, -0.2) is 8.42 Å². The Morgan fingerprint density at radius 1 is 1.11 bits per heavy atom. The minimum absolute atomic E-state index is 0.0658. The number of nitrogens with one attached hydrogen (secondary N) is 2. The number of carbonyl (C=O) groups excluding carboxylic acids is 1. The smallest absolute Gasteiger partial charge is 0.241 e. The average molecular weight is 420 g/mol. The van der Waals surface area contributed by atoms with Crippen molar-refractivity contribution in [2.75, 3.05) is 6.54 Å². The molecule has 28 heavy (non-hydrogen) atoms. The number of hydrogen-bond donors (Lipinski definition) is 2. The lowest BCUT2D eigenvalue weighted by atomic mass is 10.2. The number of amides is 1. The molecular weight excluding hydrogens is 398 g/mol. The summed E-state index contributed by atoms with van der Waals surface area (Å²) >= 11 is 5.78. The Morgan fingerprint density at radius 2 is 1.82 bits per heavy atom. The lowest BCUT2D eigenvalue weighted by Gasteiger charge is -2.15. The number of fused-ring (bicyclic) bond motifs is 1. The summed E-state index contributed by atoms with van der Waals surface area (Å²) in [6.07, 6.45) is 2.76. The van der Waals surface area contributed by atoms with Crippen LogP contribution in [-0.4, -0.2) is 31.5 Å². The molecule has 2 N–H and O–H groups in total. The van der Waals surface area contributed by atoms with Crippen LogP contribution in [0.25, 0.3) is 10.9 Å². The first-order valence-electron chi connectivity index (χ1n) is 8.96. The summed E-state index contributed by atoms with van der Waals surface area (Å²) in [6.45, 7) is 2.74. The van der Waals surface area contributed by atoms with Crippen LogP contribution in [0, 0.1) is 0 Å². The summed E-state index contributed by atoms with van der Waals surface area (Å²) in [5.74, 6) is -0.366. The number of benzene rings is 2. The van der Waals surface area contributed by atoms with Crippen LogP contribution in [0.15, 0.2) is 65.7 Å². The molecule has 8 heteroatoms. The van der Waals surface area contributed by atoms with Gasteiger partial charge < -0.3 is 9.88 Å². The summed E-state index contributed by atoms with van der Waals surface area (Å²) in [5, 5.41) is 4.40. The number of aromatic nitrogens is 1. The lowest BCUT2D eigenvalue weighted by Crippen LogP contribution is -2.45. The molecule has 0 bridgehead atoms. The molecule has 0 aliphatic rings. The highest BCUT2D eigenvalue weighted by molar-refractivity contribution is 7.89. The molecule has 6 nitrogen and oxygen atoms in total. The number of para-hydroxylation sites is 1. The summed E-state index contributed by atoms with van der Waals surface area (Å²) in [5.41, 5.74) is 1.15. The molecule has 3 aromatic rings. The number of sulfonamides is 1. The van der Waals surface area contributed by atoms with E-state index in [1.165, 1.54) is 36.6 Å². The van der Waals surface area contributed by atoms with Crippen molar-refractivity contribution in [1.29, 1.82) is 0 Å². The van der Waals surface area contributed by atoms with E-state index in [9.17, 15) is 13.2 Å². The fourth-order valence-electron chi connectivity index (χ4n) is 2.92. The predicted molar refractivity (Wildman–Crippen MR) is 111 cm³/mol. The van der Waals surface area contributed by atoms with Crippen LogP contribution >= 0.6 is 11.6 Å². The van der Waals surface area contributed by atoms with Gasteiger partial charge in [0.25, 0.3) is 0 Å². The van der Waals surface area contributed by atoms with E-state index in [2.05, 4.69) is 32.8 Å². The minimum atomic E-state index is -3.79. The van der Waals surface area contributed by atoms with E-state index in [-0.39, 0.29) is 10.8 Å². The molecule has 0 aliphatic heterocycles. The zero-order chi connectivity index (χ0) is 20.1. The van der Waals surface area contributed by atoms with Gasteiger partial charge in [-0.3, -0.25) is 4.79 Å². The second kappa shape index (κ2) is 8.77. The third kappa shape index (κ3) is 4.92. The highest BCUT2D eigenvalue weighted by Crippen LogP contribution is 2.15. The Balaban J connectivity index is 1.48. The highest BCUT2D eigenvalue weighted by atomic mass is 35.5. The van der Waals surface area contributed by atoms with Gasteiger partial charge in [-0.05, 0) is 55.1 Å². The maximum Gasteiger partial charge on any atom is 0.241 e. The van der Waals surface area contributed by atoms with Gasteiger partial charge in [-0.15, -0.1) is 0 Å².